The Labute approximate surface area is 160 Å². The number of anilines is 1. The fraction of sp³-hybridized carbons (Fsp3) is 0.0526. The van der Waals surface area contributed by atoms with Crippen LogP contribution in [0.15, 0.2) is 73.3 Å². The second-order valence-corrected chi connectivity index (χ2v) is 6.21. The Hall–Kier alpha value is -3.45. The summed E-state index contributed by atoms with van der Waals surface area (Å²) in [6.07, 6.45) is 6.96. The number of carbonyl (C=O) groups is 1. The van der Waals surface area contributed by atoms with Crippen molar-refractivity contribution in [2.75, 3.05) is 5.32 Å². The number of hydrogen-bond acceptors (Lipinski definition) is 4. The molecule has 1 N–H and O–H groups in total. The van der Waals surface area contributed by atoms with E-state index in [1.165, 1.54) is 0 Å². The minimum atomic E-state index is -0.338. The van der Waals surface area contributed by atoms with Crippen LogP contribution in [-0.2, 0) is 6.54 Å². The molecule has 0 atom stereocenters. The summed E-state index contributed by atoms with van der Waals surface area (Å²) < 4.78 is 3.31. The highest BCUT2D eigenvalue weighted by Crippen LogP contribution is 2.19. The summed E-state index contributed by atoms with van der Waals surface area (Å²) in [6.45, 7) is 0.597. The van der Waals surface area contributed by atoms with Crippen molar-refractivity contribution < 1.29 is 4.79 Å². The molecule has 4 aromatic rings. The van der Waals surface area contributed by atoms with E-state index in [-0.39, 0.29) is 11.6 Å². The van der Waals surface area contributed by atoms with Crippen molar-refractivity contribution in [2.24, 2.45) is 0 Å². The van der Waals surface area contributed by atoms with Gasteiger partial charge in [0.05, 0.1) is 17.3 Å². The number of nitrogens with zero attached hydrogens (tertiary/aromatic N) is 5. The van der Waals surface area contributed by atoms with Gasteiger partial charge in [-0.1, -0.05) is 23.7 Å². The van der Waals surface area contributed by atoms with Gasteiger partial charge in [-0.2, -0.15) is 10.2 Å². The first-order chi connectivity index (χ1) is 13.2. The third kappa shape index (κ3) is 3.88. The maximum Gasteiger partial charge on any atom is 0.277 e. The number of para-hydroxylation sites is 1. The third-order valence-electron chi connectivity index (χ3n) is 3.90. The lowest BCUT2D eigenvalue weighted by Crippen LogP contribution is -2.14. The second-order valence-electron chi connectivity index (χ2n) is 5.81. The molecule has 134 valence electrons. The first-order valence-corrected chi connectivity index (χ1v) is 8.61. The normalized spacial score (nSPS) is 10.7. The van der Waals surface area contributed by atoms with Gasteiger partial charge in [-0.3, -0.25) is 14.5 Å². The SMILES string of the molecule is O=C(Nc1ccn(Cc2ccncc2)n1)c1ccn(-c2ccccc2Cl)n1. The smallest absolute Gasteiger partial charge is 0.277 e. The van der Waals surface area contributed by atoms with Gasteiger partial charge in [0.1, 0.15) is 0 Å². The van der Waals surface area contributed by atoms with Crippen LogP contribution in [0.2, 0.25) is 5.02 Å². The number of nitrogens with one attached hydrogen (secondary N) is 1. The van der Waals surface area contributed by atoms with Gasteiger partial charge >= 0.3 is 0 Å². The van der Waals surface area contributed by atoms with Crippen LogP contribution in [0.5, 0.6) is 0 Å². The number of benzene rings is 1. The van der Waals surface area contributed by atoms with Crippen LogP contribution < -0.4 is 5.32 Å². The molecule has 1 amide bonds. The van der Waals surface area contributed by atoms with Crippen LogP contribution in [0.3, 0.4) is 0 Å². The monoisotopic (exact) mass is 378 g/mol. The largest absolute Gasteiger partial charge is 0.304 e. The fourth-order valence-electron chi connectivity index (χ4n) is 2.59. The Morgan fingerprint density at radius 2 is 1.81 bits per heavy atom. The van der Waals surface area contributed by atoms with Gasteiger partial charge in [-0.05, 0) is 35.9 Å². The van der Waals surface area contributed by atoms with Crippen LogP contribution in [0, 0.1) is 0 Å². The summed E-state index contributed by atoms with van der Waals surface area (Å²) in [5.41, 5.74) is 2.06. The highest BCUT2D eigenvalue weighted by atomic mass is 35.5. The predicted molar refractivity (Wildman–Crippen MR) is 102 cm³/mol. The van der Waals surface area contributed by atoms with Crippen molar-refractivity contribution in [1.29, 1.82) is 0 Å². The Balaban J connectivity index is 1.45. The maximum absolute atomic E-state index is 12.4. The molecule has 0 aliphatic carbocycles. The molecule has 1 aromatic carbocycles. The summed E-state index contributed by atoms with van der Waals surface area (Å²) in [5.74, 6) is 0.122. The minimum Gasteiger partial charge on any atom is -0.304 e. The van der Waals surface area contributed by atoms with Gasteiger partial charge in [0.15, 0.2) is 11.5 Å². The van der Waals surface area contributed by atoms with Gasteiger partial charge in [0.2, 0.25) is 0 Å². The van der Waals surface area contributed by atoms with E-state index in [0.29, 0.717) is 23.1 Å². The summed E-state index contributed by atoms with van der Waals surface area (Å²) in [4.78, 5) is 16.4. The minimum absolute atomic E-state index is 0.276. The maximum atomic E-state index is 12.4. The molecule has 0 bridgehead atoms. The number of rotatable bonds is 5. The van der Waals surface area contributed by atoms with E-state index < -0.39 is 0 Å². The van der Waals surface area contributed by atoms with Gasteiger partial charge in [0.25, 0.3) is 5.91 Å². The first-order valence-electron chi connectivity index (χ1n) is 8.23. The fourth-order valence-corrected chi connectivity index (χ4v) is 2.81. The third-order valence-corrected chi connectivity index (χ3v) is 4.22. The molecule has 0 aliphatic heterocycles. The number of halogens is 1. The van der Waals surface area contributed by atoms with E-state index >= 15 is 0 Å². The predicted octanol–water partition coefficient (Wildman–Crippen LogP) is 3.42. The molecule has 3 heterocycles. The van der Waals surface area contributed by atoms with E-state index in [4.69, 9.17) is 11.6 Å². The molecule has 27 heavy (non-hydrogen) atoms. The highest BCUT2D eigenvalue weighted by Gasteiger charge is 2.13. The molecular formula is C19H15ClN6O. The molecule has 0 saturated carbocycles. The molecule has 0 unspecified atom stereocenters. The lowest BCUT2D eigenvalue weighted by atomic mass is 10.3. The van der Waals surface area contributed by atoms with Crippen molar-refractivity contribution in [3.8, 4) is 5.69 Å². The summed E-state index contributed by atoms with van der Waals surface area (Å²) >= 11 is 6.17. The lowest BCUT2D eigenvalue weighted by Gasteiger charge is -2.03. The van der Waals surface area contributed by atoms with Crippen molar-refractivity contribution in [1.82, 2.24) is 24.5 Å². The van der Waals surface area contributed by atoms with E-state index in [9.17, 15) is 4.79 Å². The van der Waals surface area contributed by atoms with Crippen LogP contribution in [0.25, 0.3) is 5.69 Å². The molecule has 4 rings (SSSR count). The Morgan fingerprint density at radius 1 is 1.00 bits per heavy atom. The van der Waals surface area contributed by atoms with Crippen LogP contribution in [-0.4, -0.2) is 30.5 Å². The number of amides is 1. The number of pyridine rings is 1. The number of hydrogen-bond donors (Lipinski definition) is 1. The Kier molecular flexibility index (Phi) is 4.67. The van der Waals surface area contributed by atoms with Gasteiger partial charge in [0, 0.05) is 30.9 Å². The molecule has 3 aromatic heterocycles. The Morgan fingerprint density at radius 3 is 2.63 bits per heavy atom. The molecule has 8 heteroatoms. The van der Waals surface area contributed by atoms with Gasteiger partial charge in [-0.15, -0.1) is 0 Å². The summed E-state index contributed by atoms with van der Waals surface area (Å²) in [5, 5.41) is 12.0. The van der Waals surface area contributed by atoms with Crippen molar-refractivity contribution in [3.05, 3.63) is 89.6 Å². The van der Waals surface area contributed by atoms with E-state index in [0.717, 1.165) is 5.56 Å². The van der Waals surface area contributed by atoms with E-state index in [1.54, 1.807) is 52.4 Å². The lowest BCUT2D eigenvalue weighted by molar-refractivity contribution is 0.102. The zero-order valence-electron chi connectivity index (χ0n) is 14.2. The molecule has 0 saturated heterocycles. The molecule has 0 spiro atoms. The molecule has 0 radical (unpaired) electrons. The standard InChI is InChI=1S/C19H15ClN6O/c20-15-3-1-2-4-17(15)26-12-7-16(23-26)19(27)22-18-8-11-25(24-18)13-14-5-9-21-10-6-14/h1-12H,13H2,(H,22,24,27). The number of carbonyl (C=O) groups excluding carboxylic acids is 1. The van der Waals surface area contributed by atoms with E-state index in [2.05, 4.69) is 20.5 Å². The van der Waals surface area contributed by atoms with Crippen LogP contribution >= 0.6 is 11.6 Å². The molecule has 7 nitrogen and oxygen atoms in total. The van der Waals surface area contributed by atoms with Crippen LogP contribution in [0.1, 0.15) is 16.1 Å². The molecule has 0 aliphatic rings. The van der Waals surface area contributed by atoms with Crippen molar-refractivity contribution in [3.63, 3.8) is 0 Å². The Bertz CT molecular complexity index is 1070. The number of aromatic nitrogens is 5. The quantitative estimate of drug-likeness (QED) is 0.577. The summed E-state index contributed by atoms with van der Waals surface area (Å²) in [6, 6.07) is 14.5. The van der Waals surface area contributed by atoms with Crippen molar-refractivity contribution >= 4 is 23.3 Å². The first kappa shape index (κ1) is 17.0. The second kappa shape index (κ2) is 7.43. The van der Waals surface area contributed by atoms with E-state index in [1.807, 2.05) is 30.3 Å². The van der Waals surface area contributed by atoms with Gasteiger partial charge in [-0.25, -0.2) is 4.68 Å². The van der Waals surface area contributed by atoms with Crippen LogP contribution in [0.4, 0.5) is 5.82 Å². The van der Waals surface area contributed by atoms with Crippen molar-refractivity contribution in [2.45, 2.75) is 6.54 Å². The summed E-state index contributed by atoms with van der Waals surface area (Å²) in [7, 11) is 0. The molecule has 0 fully saturated rings. The zero-order chi connectivity index (χ0) is 18.6. The van der Waals surface area contributed by atoms with Gasteiger partial charge < -0.3 is 5.32 Å². The zero-order valence-corrected chi connectivity index (χ0v) is 14.9. The average molecular weight is 379 g/mol. The topological polar surface area (TPSA) is 77.6 Å². The molecular weight excluding hydrogens is 364 g/mol. The average Bonchev–Trinajstić information content (AvgIpc) is 3.33. The highest BCUT2D eigenvalue weighted by molar-refractivity contribution is 6.32.